The molecule has 13 heteroatoms. The van der Waals surface area contributed by atoms with Crippen LogP contribution in [0.15, 0.2) is 11.1 Å². The Bertz CT molecular complexity index is 851. The molecule has 3 rings (SSSR count). The van der Waals surface area contributed by atoms with Gasteiger partial charge in [0, 0.05) is 13.5 Å². The van der Waals surface area contributed by atoms with Crippen LogP contribution in [0.4, 0.5) is 5.95 Å². The van der Waals surface area contributed by atoms with Crippen molar-refractivity contribution < 1.29 is 28.3 Å². The zero-order valence-corrected chi connectivity index (χ0v) is 13.4. The SMILES string of the molecule is COP(=O)(O)OC[C@H]1O[C@@H](n2cnc3c(=O)[nH]c(N)nc32)CC1O. The van der Waals surface area contributed by atoms with Gasteiger partial charge in [0.05, 0.1) is 19.0 Å². The molecule has 2 aromatic heterocycles. The maximum atomic E-state index is 11.8. The van der Waals surface area contributed by atoms with Crippen LogP contribution < -0.4 is 11.3 Å². The van der Waals surface area contributed by atoms with Gasteiger partial charge in [0.1, 0.15) is 12.3 Å². The molecule has 0 aliphatic carbocycles. The zero-order chi connectivity index (χ0) is 17.5. The second-order valence-corrected chi connectivity index (χ2v) is 6.71. The molecule has 0 aromatic carbocycles. The molecule has 0 saturated carbocycles. The summed E-state index contributed by atoms with van der Waals surface area (Å²) in [6, 6.07) is 0. The summed E-state index contributed by atoms with van der Waals surface area (Å²) >= 11 is 0. The summed E-state index contributed by atoms with van der Waals surface area (Å²) in [5.41, 5.74) is 5.33. The Kier molecular flexibility index (Phi) is 4.42. The Morgan fingerprint density at radius 2 is 2.38 bits per heavy atom. The lowest BCUT2D eigenvalue weighted by Crippen LogP contribution is -2.26. The Balaban J connectivity index is 1.80. The van der Waals surface area contributed by atoms with Crippen LogP contribution in [0.25, 0.3) is 11.2 Å². The largest absolute Gasteiger partial charge is 0.472 e. The Morgan fingerprint density at radius 1 is 1.62 bits per heavy atom. The first-order valence-electron chi connectivity index (χ1n) is 6.89. The lowest BCUT2D eigenvalue weighted by Gasteiger charge is -2.17. The first-order valence-corrected chi connectivity index (χ1v) is 8.39. The van der Waals surface area contributed by atoms with Gasteiger partial charge in [0.2, 0.25) is 5.95 Å². The topological polar surface area (TPSA) is 175 Å². The normalized spacial score (nSPS) is 26.7. The van der Waals surface area contributed by atoms with E-state index in [2.05, 4.69) is 19.5 Å². The molecule has 3 heterocycles. The molecule has 24 heavy (non-hydrogen) atoms. The average Bonchev–Trinajstić information content (AvgIpc) is 3.09. The number of phosphoric acid groups is 1. The van der Waals surface area contributed by atoms with Crippen molar-refractivity contribution in [1.82, 2.24) is 19.5 Å². The number of nitrogen functional groups attached to an aromatic ring is 1. The molecular formula is C11H16N5O7P. The van der Waals surface area contributed by atoms with Gasteiger partial charge in [-0.05, 0) is 0 Å². The summed E-state index contributed by atoms with van der Waals surface area (Å²) in [6.45, 7) is -0.345. The number of anilines is 1. The van der Waals surface area contributed by atoms with Crippen molar-refractivity contribution in [2.24, 2.45) is 0 Å². The highest BCUT2D eigenvalue weighted by atomic mass is 31.2. The second-order valence-electron chi connectivity index (χ2n) is 5.15. The molecule has 0 amide bonds. The van der Waals surface area contributed by atoms with Gasteiger partial charge in [-0.2, -0.15) is 4.98 Å². The van der Waals surface area contributed by atoms with Crippen molar-refractivity contribution in [1.29, 1.82) is 0 Å². The minimum absolute atomic E-state index is 0.0750. The van der Waals surface area contributed by atoms with E-state index < -0.39 is 31.8 Å². The van der Waals surface area contributed by atoms with Crippen molar-refractivity contribution in [3.63, 3.8) is 0 Å². The number of nitrogens with zero attached hydrogens (tertiary/aromatic N) is 3. The summed E-state index contributed by atoms with van der Waals surface area (Å²) in [6.07, 6.45) is -1.01. The Labute approximate surface area is 134 Å². The molecular weight excluding hydrogens is 345 g/mol. The number of aromatic nitrogens is 4. The molecule has 1 fully saturated rings. The number of fused-ring (bicyclic) bond motifs is 1. The molecule has 5 N–H and O–H groups in total. The number of ether oxygens (including phenoxy) is 1. The molecule has 2 aromatic rings. The van der Waals surface area contributed by atoms with E-state index in [-0.39, 0.29) is 30.1 Å². The standard InChI is InChI=1S/C11H16N5O7P/c1-21-24(19,20)22-3-6-5(17)2-7(23-6)16-4-13-8-9(16)14-11(12)15-10(8)18/h4-7,17H,2-3H2,1H3,(H,19,20)(H3,12,14,15,18)/t5?,6-,7-/m1/s1. The highest BCUT2D eigenvalue weighted by Crippen LogP contribution is 2.43. The maximum absolute atomic E-state index is 11.8. The van der Waals surface area contributed by atoms with E-state index in [0.29, 0.717) is 0 Å². The van der Waals surface area contributed by atoms with Crippen LogP contribution in [0.5, 0.6) is 0 Å². The van der Waals surface area contributed by atoms with E-state index in [4.69, 9.17) is 15.0 Å². The fourth-order valence-electron chi connectivity index (χ4n) is 2.41. The summed E-state index contributed by atoms with van der Waals surface area (Å²) in [4.78, 5) is 31.3. The number of H-pyrrole nitrogens is 1. The van der Waals surface area contributed by atoms with E-state index in [1.165, 1.54) is 10.9 Å². The van der Waals surface area contributed by atoms with Crippen molar-refractivity contribution >= 4 is 24.9 Å². The van der Waals surface area contributed by atoms with Crippen LogP contribution >= 0.6 is 7.82 Å². The number of aliphatic hydroxyl groups is 1. The van der Waals surface area contributed by atoms with E-state index in [0.717, 1.165) is 7.11 Å². The first-order chi connectivity index (χ1) is 11.3. The molecule has 4 atom stereocenters. The predicted molar refractivity (Wildman–Crippen MR) is 79.9 cm³/mol. The molecule has 0 radical (unpaired) electrons. The molecule has 1 aliphatic rings. The Hall–Kier alpha value is -1.82. The van der Waals surface area contributed by atoms with Crippen LogP contribution in [-0.2, 0) is 18.3 Å². The highest BCUT2D eigenvalue weighted by molar-refractivity contribution is 7.47. The summed E-state index contributed by atoms with van der Waals surface area (Å²) in [5, 5.41) is 10.0. The van der Waals surface area contributed by atoms with Crippen molar-refractivity contribution in [2.45, 2.75) is 24.9 Å². The molecule has 0 spiro atoms. The monoisotopic (exact) mass is 361 g/mol. The van der Waals surface area contributed by atoms with E-state index >= 15 is 0 Å². The highest BCUT2D eigenvalue weighted by Gasteiger charge is 2.37. The lowest BCUT2D eigenvalue weighted by molar-refractivity contribution is -0.0431. The van der Waals surface area contributed by atoms with Crippen LogP contribution in [0, 0.1) is 0 Å². The number of hydrogen-bond acceptors (Lipinski definition) is 9. The third kappa shape index (κ3) is 3.20. The van der Waals surface area contributed by atoms with E-state index in [1.54, 1.807) is 0 Å². The fraction of sp³-hybridized carbons (Fsp3) is 0.545. The van der Waals surface area contributed by atoms with Crippen LogP contribution in [0.3, 0.4) is 0 Å². The number of aromatic amines is 1. The number of nitrogens with one attached hydrogen (secondary N) is 1. The van der Waals surface area contributed by atoms with Gasteiger partial charge in [-0.1, -0.05) is 0 Å². The van der Waals surface area contributed by atoms with Crippen LogP contribution in [0.1, 0.15) is 12.6 Å². The number of aliphatic hydroxyl groups excluding tert-OH is 1. The Morgan fingerprint density at radius 3 is 3.08 bits per heavy atom. The third-order valence-electron chi connectivity index (χ3n) is 3.60. The lowest BCUT2D eigenvalue weighted by atomic mass is 10.2. The second kappa shape index (κ2) is 6.24. The predicted octanol–water partition coefficient (Wildman–Crippen LogP) is -0.886. The molecule has 0 bridgehead atoms. The van der Waals surface area contributed by atoms with Crippen molar-refractivity contribution in [3.8, 4) is 0 Å². The third-order valence-corrected chi connectivity index (χ3v) is 4.53. The quantitative estimate of drug-likeness (QED) is 0.489. The van der Waals surface area contributed by atoms with Gasteiger partial charge in [-0.25, -0.2) is 9.55 Å². The van der Waals surface area contributed by atoms with E-state index in [9.17, 15) is 19.4 Å². The average molecular weight is 361 g/mol. The van der Waals surface area contributed by atoms with E-state index in [1.807, 2.05) is 0 Å². The number of rotatable bonds is 5. The van der Waals surface area contributed by atoms with Gasteiger partial charge in [0.15, 0.2) is 11.2 Å². The van der Waals surface area contributed by atoms with Gasteiger partial charge in [-0.15, -0.1) is 0 Å². The minimum Gasteiger partial charge on any atom is -0.390 e. The maximum Gasteiger partial charge on any atom is 0.472 e. The first kappa shape index (κ1) is 17.0. The summed E-state index contributed by atoms with van der Waals surface area (Å²) in [5.74, 6) is -0.0750. The van der Waals surface area contributed by atoms with Gasteiger partial charge in [-0.3, -0.25) is 23.4 Å². The number of nitrogens with two attached hydrogens (primary N) is 1. The fourth-order valence-corrected chi connectivity index (χ4v) is 2.85. The van der Waals surface area contributed by atoms with Crippen LogP contribution in [0.2, 0.25) is 0 Å². The number of phosphoric ester groups is 1. The van der Waals surface area contributed by atoms with Crippen LogP contribution in [-0.4, -0.2) is 55.4 Å². The minimum atomic E-state index is -4.17. The smallest absolute Gasteiger partial charge is 0.390 e. The van der Waals surface area contributed by atoms with Gasteiger partial charge in [0.25, 0.3) is 5.56 Å². The molecule has 12 nitrogen and oxygen atoms in total. The molecule has 132 valence electrons. The molecule has 1 saturated heterocycles. The van der Waals surface area contributed by atoms with Gasteiger partial charge >= 0.3 is 7.82 Å². The summed E-state index contributed by atoms with van der Waals surface area (Å²) in [7, 11) is -3.14. The molecule has 2 unspecified atom stereocenters. The number of imidazole rings is 1. The summed E-state index contributed by atoms with van der Waals surface area (Å²) < 4.78 is 27.4. The zero-order valence-electron chi connectivity index (χ0n) is 12.5. The van der Waals surface area contributed by atoms with Crippen molar-refractivity contribution in [2.75, 3.05) is 19.5 Å². The number of hydrogen-bond donors (Lipinski definition) is 4. The van der Waals surface area contributed by atoms with Crippen molar-refractivity contribution in [3.05, 3.63) is 16.7 Å². The molecule has 1 aliphatic heterocycles. The van der Waals surface area contributed by atoms with Gasteiger partial charge < -0.3 is 20.5 Å².